The molecule has 0 aliphatic carbocycles. The van der Waals surface area contributed by atoms with Gasteiger partial charge in [0, 0.05) is 6.07 Å². The lowest BCUT2D eigenvalue weighted by Crippen LogP contribution is -2.17. The van der Waals surface area contributed by atoms with Gasteiger partial charge in [0.25, 0.3) is 10.0 Å². The lowest BCUT2D eigenvalue weighted by Gasteiger charge is -2.06. The van der Waals surface area contributed by atoms with Crippen molar-refractivity contribution in [1.29, 1.82) is 0 Å². The van der Waals surface area contributed by atoms with E-state index in [4.69, 9.17) is 10.5 Å². The highest BCUT2D eigenvalue weighted by Gasteiger charge is 2.23. The van der Waals surface area contributed by atoms with Crippen LogP contribution in [0.25, 0.3) is 0 Å². The van der Waals surface area contributed by atoms with E-state index in [0.29, 0.717) is 9.65 Å². The van der Waals surface area contributed by atoms with Crippen LogP contribution in [0.1, 0.15) is 21.5 Å². The summed E-state index contributed by atoms with van der Waals surface area (Å²) in [5, 5.41) is 3.82. The van der Waals surface area contributed by atoms with Crippen molar-refractivity contribution in [1.82, 2.24) is 9.19 Å². The predicted molar refractivity (Wildman–Crippen MR) is 96.5 cm³/mol. The summed E-state index contributed by atoms with van der Waals surface area (Å²) in [7, 11) is -3.97. The first-order chi connectivity index (χ1) is 12.3. The molecule has 0 aliphatic rings. The Morgan fingerprint density at radius 2 is 1.73 bits per heavy atom. The molecular weight excluding hydrogens is 354 g/mol. The number of nitrogen functional groups attached to an aromatic ring is 1. The molecule has 1 aromatic heterocycles. The fourth-order valence-corrected chi connectivity index (χ4v) is 3.53. The zero-order chi connectivity index (χ0) is 18.9. The second-order valence-corrected chi connectivity index (χ2v) is 7.52. The lowest BCUT2D eigenvalue weighted by atomic mass is 10.1. The Balaban J connectivity index is 1.89. The summed E-state index contributed by atoms with van der Waals surface area (Å²) in [5.74, 6) is -0.989. The van der Waals surface area contributed by atoms with Crippen LogP contribution in [0, 0.1) is 13.8 Å². The summed E-state index contributed by atoms with van der Waals surface area (Å²) < 4.78 is 31.0. The van der Waals surface area contributed by atoms with Crippen LogP contribution in [0.4, 0.5) is 5.82 Å². The van der Waals surface area contributed by atoms with E-state index in [2.05, 4.69) is 5.10 Å². The van der Waals surface area contributed by atoms with E-state index in [-0.39, 0.29) is 16.6 Å². The number of ether oxygens (including phenoxy) is 1. The molecule has 0 fully saturated rings. The van der Waals surface area contributed by atoms with Crippen LogP contribution in [0.5, 0.6) is 5.88 Å². The summed E-state index contributed by atoms with van der Waals surface area (Å²) in [4.78, 5) is 12.3. The first kappa shape index (κ1) is 17.7. The van der Waals surface area contributed by atoms with Crippen molar-refractivity contribution in [3.8, 4) is 5.88 Å². The maximum Gasteiger partial charge on any atom is 0.344 e. The second-order valence-electron chi connectivity index (χ2n) is 5.76. The molecule has 3 aromatic rings. The van der Waals surface area contributed by atoms with Crippen LogP contribution >= 0.6 is 0 Å². The van der Waals surface area contributed by atoms with Crippen LogP contribution in [-0.4, -0.2) is 23.6 Å². The molecule has 3 rings (SSSR count). The van der Waals surface area contributed by atoms with Crippen molar-refractivity contribution in [3.05, 3.63) is 71.3 Å². The number of rotatable bonds is 4. The second kappa shape index (κ2) is 6.64. The van der Waals surface area contributed by atoms with Crippen molar-refractivity contribution >= 4 is 21.8 Å². The molecule has 134 valence electrons. The molecule has 0 amide bonds. The number of anilines is 1. The third-order valence-electron chi connectivity index (χ3n) is 3.89. The maximum absolute atomic E-state index is 12.6. The highest BCUT2D eigenvalue weighted by atomic mass is 32.2. The Bertz CT molecular complexity index is 1070. The number of carbonyl (C=O) groups excluding carboxylic acids is 1. The Labute approximate surface area is 151 Å². The van der Waals surface area contributed by atoms with Gasteiger partial charge in [0.15, 0.2) is 0 Å². The van der Waals surface area contributed by atoms with Gasteiger partial charge < -0.3 is 10.5 Å². The first-order valence-electron chi connectivity index (χ1n) is 7.74. The molecule has 1 heterocycles. The van der Waals surface area contributed by atoms with Crippen LogP contribution in [0.3, 0.4) is 0 Å². The summed E-state index contributed by atoms with van der Waals surface area (Å²) >= 11 is 0. The van der Waals surface area contributed by atoms with E-state index in [0.717, 1.165) is 11.1 Å². The van der Waals surface area contributed by atoms with Crippen LogP contribution in [0.2, 0.25) is 0 Å². The van der Waals surface area contributed by atoms with Gasteiger partial charge in [-0.15, -0.1) is 9.19 Å². The van der Waals surface area contributed by atoms with E-state index in [1.165, 1.54) is 18.2 Å². The van der Waals surface area contributed by atoms with Gasteiger partial charge in [-0.05, 0) is 49.2 Å². The smallest absolute Gasteiger partial charge is 0.344 e. The van der Waals surface area contributed by atoms with Gasteiger partial charge in [0.1, 0.15) is 5.82 Å². The third kappa shape index (κ3) is 3.31. The predicted octanol–water partition coefficient (Wildman–Crippen LogP) is 2.54. The SMILES string of the molecule is Cc1ccc(C(=O)Oc2cc(N)n(S(=O)(=O)c3ccccc3)n2)cc1C. The zero-order valence-corrected chi connectivity index (χ0v) is 15.0. The van der Waals surface area contributed by atoms with E-state index in [1.807, 2.05) is 13.8 Å². The molecular formula is C18H17N3O4S. The van der Waals surface area contributed by atoms with Crippen molar-refractivity contribution in [2.24, 2.45) is 0 Å². The minimum atomic E-state index is -3.97. The zero-order valence-electron chi connectivity index (χ0n) is 14.2. The number of carbonyl (C=O) groups is 1. The van der Waals surface area contributed by atoms with E-state index < -0.39 is 16.0 Å². The van der Waals surface area contributed by atoms with Gasteiger partial charge in [-0.2, -0.15) is 8.42 Å². The molecule has 0 unspecified atom stereocenters. The average Bonchev–Trinajstić information content (AvgIpc) is 2.99. The third-order valence-corrected chi connectivity index (χ3v) is 5.51. The van der Waals surface area contributed by atoms with Crippen molar-refractivity contribution in [2.45, 2.75) is 18.7 Å². The standard InChI is InChI=1S/C18H17N3O4S/c1-12-8-9-14(10-13(12)2)18(22)25-17-11-16(19)21(20-17)26(23,24)15-6-4-3-5-7-15/h3-11H,19H2,1-2H3. The number of hydrogen-bond acceptors (Lipinski definition) is 6. The lowest BCUT2D eigenvalue weighted by molar-refractivity contribution is 0.0727. The monoisotopic (exact) mass is 371 g/mol. The van der Waals surface area contributed by atoms with Crippen molar-refractivity contribution in [2.75, 3.05) is 5.73 Å². The van der Waals surface area contributed by atoms with E-state index in [9.17, 15) is 13.2 Å². The number of aryl methyl sites for hydroxylation is 2. The number of aromatic nitrogens is 2. The largest absolute Gasteiger partial charge is 0.402 e. The number of hydrogen-bond donors (Lipinski definition) is 1. The fraction of sp³-hybridized carbons (Fsp3) is 0.111. The van der Waals surface area contributed by atoms with Gasteiger partial charge >= 0.3 is 5.97 Å². The number of nitrogens with two attached hydrogens (primary N) is 1. The highest BCUT2D eigenvalue weighted by Crippen LogP contribution is 2.22. The molecule has 0 spiro atoms. The van der Waals surface area contributed by atoms with Gasteiger partial charge in [-0.25, -0.2) is 4.79 Å². The Morgan fingerprint density at radius 1 is 1.04 bits per heavy atom. The average molecular weight is 371 g/mol. The summed E-state index contributed by atoms with van der Waals surface area (Å²) in [6, 6.07) is 14.1. The quantitative estimate of drug-likeness (QED) is 0.707. The van der Waals surface area contributed by atoms with Crippen molar-refractivity contribution < 1.29 is 17.9 Å². The Morgan fingerprint density at radius 3 is 2.38 bits per heavy atom. The molecule has 0 saturated carbocycles. The minimum absolute atomic E-state index is 0.0295. The molecule has 7 nitrogen and oxygen atoms in total. The van der Waals surface area contributed by atoms with Gasteiger partial charge in [-0.3, -0.25) is 0 Å². The number of nitrogens with zero attached hydrogens (tertiary/aromatic N) is 2. The normalized spacial score (nSPS) is 11.3. The minimum Gasteiger partial charge on any atom is -0.402 e. The summed E-state index contributed by atoms with van der Waals surface area (Å²) in [6.45, 7) is 3.81. The van der Waals surface area contributed by atoms with Crippen LogP contribution < -0.4 is 10.5 Å². The van der Waals surface area contributed by atoms with E-state index in [1.54, 1.807) is 36.4 Å². The molecule has 0 bridgehead atoms. The van der Waals surface area contributed by atoms with Gasteiger partial charge in [-0.1, -0.05) is 24.3 Å². The molecule has 0 atom stereocenters. The molecule has 26 heavy (non-hydrogen) atoms. The number of benzene rings is 2. The van der Waals surface area contributed by atoms with Gasteiger partial charge in [0.05, 0.1) is 10.5 Å². The van der Waals surface area contributed by atoms with Crippen molar-refractivity contribution in [3.63, 3.8) is 0 Å². The van der Waals surface area contributed by atoms with Gasteiger partial charge in [0.2, 0.25) is 5.88 Å². The Kier molecular flexibility index (Phi) is 4.52. The molecule has 2 N–H and O–H groups in total. The Hall–Kier alpha value is -3.13. The highest BCUT2D eigenvalue weighted by molar-refractivity contribution is 7.90. The fourth-order valence-electron chi connectivity index (χ4n) is 2.31. The molecule has 0 radical (unpaired) electrons. The molecule has 8 heteroatoms. The van der Waals surface area contributed by atoms with E-state index >= 15 is 0 Å². The number of esters is 1. The summed E-state index contributed by atoms with van der Waals surface area (Å²) in [6.07, 6.45) is 0. The first-order valence-corrected chi connectivity index (χ1v) is 9.18. The molecule has 0 aliphatic heterocycles. The maximum atomic E-state index is 12.6. The topological polar surface area (TPSA) is 104 Å². The molecule has 2 aromatic carbocycles. The van der Waals surface area contributed by atoms with Crippen LogP contribution in [-0.2, 0) is 10.0 Å². The summed E-state index contributed by atoms with van der Waals surface area (Å²) in [5.41, 5.74) is 8.08. The molecule has 0 saturated heterocycles. The van der Waals surface area contributed by atoms with Crippen LogP contribution in [0.15, 0.2) is 59.5 Å².